The summed E-state index contributed by atoms with van der Waals surface area (Å²) in [6.07, 6.45) is -0.843. The number of amides is 2. The summed E-state index contributed by atoms with van der Waals surface area (Å²) < 4.78 is 12.3. The number of rotatable bonds is 13. The molecule has 2 atom stereocenters. The minimum atomic E-state index is -3.33. The molecule has 10 heteroatoms. The van der Waals surface area contributed by atoms with Crippen molar-refractivity contribution in [2.24, 2.45) is 0 Å². The fraction of sp³-hybridized carbons (Fsp3) is 0.109. The molecule has 0 aliphatic carbocycles. The van der Waals surface area contributed by atoms with Crippen molar-refractivity contribution in [3.8, 4) is 5.75 Å². The maximum absolute atomic E-state index is 15.6. The Labute approximate surface area is 330 Å². The van der Waals surface area contributed by atoms with Gasteiger partial charge in [-0.3, -0.25) is 19.3 Å². The molecule has 0 saturated carbocycles. The number of ether oxygens (including phenoxy) is 2. The second-order valence-corrected chi connectivity index (χ2v) is 17.6. The highest BCUT2D eigenvalue weighted by atomic mass is 32.2. The van der Waals surface area contributed by atoms with Gasteiger partial charge in [0.1, 0.15) is 22.6 Å². The van der Waals surface area contributed by atoms with Crippen LogP contribution in [0.1, 0.15) is 24.2 Å². The van der Waals surface area contributed by atoms with E-state index < -0.39 is 42.2 Å². The van der Waals surface area contributed by atoms with Crippen LogP contribution in [0.2, 0.25) is 0 Å². The molecule has 1 N–H and O–H groups in total. The molecule has 6 aromatic carbocycles. The van der Waals surface area contributed by atoms with Crippen molar-refractivity contribution >= 4 is 62.9 Å². The Morgan fingerprint density at radius 1 is 0.643 bits per heavy atom. The number of thioether (sulfide) groups is 1. The first-order valence-electron chi connectivity index (χ1n) is 18.1. The number of esters is 1. The highest BCUT2D eigenvalue weighted by Gasteiger charge is 2.55. The molecular weight excluding hydrogens is 740 g/mol. The van der Waals surface area contributed by atoms with Crippen LogP contribution in [0, 0.1) is 0 Å². The second kappa shape index (κ2) is 17.5. The Balaban J connectivity index is 1.45. The number of benzene rings is 6. The maximum Gasteiger partial charge on any atom is 0.357 e. The van der Waals surface area contributed by atoms with Crippen molar-refractivity contribution in [2.75, 3.05) is 6.61 Å². The smallest absolute Gasteiger partial charge is 0.357 e. The lowest BCUT2D eigenvalue weighted by molar-refractivity contribution is -0.147. The van der Waals surface area contributed by atoms with Gasteiger partial charge in [0.2, 0.25) is 0 Å². The quantitative estimate of drug-likeness (QED) is 0.0817. The number of para-hydroxylation sites is 1. The Morgan fingerprint density at radius 2 is 1.05 bits per heavy atom. The number of hydrogen-bond donors (Lipinski definition) is 1. The Morgan fingerprint density at radius 3 is 1.48 bits per heavy atom. The summed E-state index contributed by atoms with van der Waals surface area (Å²) in [5.74, 6) is -1.33. The highest BCUT2D eigenvalue weighted by Crippen LogP contribution is 2.50. The minimum Gasteiger partial charge on any atom is -0.484 e. The predicted octanol–water partition coefficient (Wildman–Crippen LogP) is 6.46. The van der Waals surface area contributed by atoms with Gasteiger partial charge in [-0.1, -0.05) is 182 Å². The van der Waals surface area contributed by atoms with Gasteiger partial charge < -0.3 is 14.8 Å². The Kier molecular flexibility index (Phi) is 11.9. The van der Waals surface area contributed by atoms with E-state index in [1.807, 2.05) is 158 Å². The van der Waals surface area contributed by atoms with Gasteiger partial charge in [-0.15, -0.1) is 0 Å². The van der Waals surface area contributed by atoms with Crippen LogP contribution in [0.3, 0.4) is 0 Å². The van der Waals surface area contributed by atoms with Crippen LogP contribution in [-0.4, -0.2) is 51.2 Å². The molecule has 1 saturated heterocycles. The first-order valence-corrected chi connectivity index (χ1v) is 20.8. The largest absolute Gasteiger partial charge is 0.484 e. The lowest BCUT2D eigenvalue weighted by atomic mass is 10.0. The topological polar surface area (TPSA) is 102 Å². The third-order valence-corrected chi connectivity index (χ3v) is 14.7. The van der Waals surface area contributed by atoms with Crippen LogP contribution in [-0.2, 0) is 23.9 Å². The fourth-order valence-corrected chi connectivity index (χ4v) is 12.3. The summed E-state index contributed by atoms with van der Waals surface area (Å²) in [5.41, 5.74) is 1.57. The van der Waals surface area contributed by atoms with Crippen molar-refractivity contribution < 1.29 is 28.7 Å². The molecule has 1 aliphatic heterocycles. The van der Waals surface area contributed by atoms with E-state index in [1.165, 1.54) is 11.8 Å². The van der Waals surface area contributed by atoms with Crippen LogP contribution in [0.4, 0.5) is 0 Å². The molecule has 8 nitrogen and oxygen atoms in total. The number of hydrogen-bond acceptors (Lipinski definition) is 7. The van der Waals surface area contributed by atoms with E-state index in [0.717, 1.165) is 38.8 Å². The SMILES string of the molecule is CC(=O)S[C@H]1[C@@H](NC(=O)COc2ccccc2)C(=O)N1C(C(=O)OC(c1ccccc1)c1ccccc1)=P(c1ccccc1)(c1ccccc1)c1ccccc1. The molecule has 2 amide bonds. The van der Waals surface area contributed by atoms with Gasteiger partial charge >= 0.3 is 5.97 Å². The average Bonchev–Trinajstić information content (AvgIpc) is 3.25. The third kappa shape index (κ3) is 7.96. The number of nitrogens with zero attached hydrogens (tertiary/aromatic N) is 1. The summed E-state index contributed by atoms with van der Waals surface area (Å²) in [6, 6.07) is 55.5. The monoisotopic (exact) mass is 778 g/mol. The summed E-state index contributed by atoms with van der Waals surface area (Å²) in [7, 11) is 0. The molecule has 0 unspecified atom stereocenters. The van der Waals surface area contributed by atoms with Crippen molar-refractivity contribution in [1.82, 2.24) is 10.2 Å². The van der Waals surface area contributed by atoms with E-state index in [9.17, 15) is 14.4 Å². The molecule has 0 radical (unpaired) electrons. The van der Waals surface area contributed by atoms with Crippen LogP contribution in [0.25, 0.3) is 0 Å². The normalized spacial score (nSPS) is 15.0. The van der Waals surface area contributed by atoms with Gasteiger partial charge in [-0.25, -0.2) is 4.79 Å². The predicted molar refractivity (Wildman–Crippen MR) is 224 cm³/mol. The standard InChI is InChI=1S/C46H39N2O6PS/c1-33(49)56-45-41(47-40(50)32-53-36-24-12-4-13-25-36)43(51)48(45)44(46(52)54-42(34-20-8-2-9-21-34)35-22-10-3-11-23-35)55(37-26-14-5-15-27-37,38-28-16-6-17-29-38)39-30-18-7-19-31-39/h2-31,41-42,45H,32H2,1H3,(H,47,50)/t41-,45-/m0/s1. The zero-order valence-electron chi connectivity index (χ0n) is 30.5. The van der Waals surface area contributed by atoms with Crippen molar-refractivity contribution in [2.45, 2.75) is 24.4 Å². The highest BCUT2D eigenvalue weighted by molar-refractivity contribution is 8.14. The van der Waals surface area contributed by atoms with Crippen molar-refractivity contribution in [3.63, 3.8) is 0 Å². The van der Waals surface area contributed by atoms with Gasteiger partial charge in [0, 0.05) is 13.8 Å². The molecule has 280 valence electrons. The molecule has 0 spiro atoms. The van der Waals surface area contributed by atoms with E-state index >= 15 is 4.79 Å². The van der Waals surface area contributed by atoms with E-state index in [1.54, 1.807) is 24.3 Å². The number of nitrogens with one attached hydrogen (secondary N) is 1. The number of carbonyl (C=O) groups excluding carboxylic acids is 4. The number of β-lactam (4-membered cyclic amide) rings is 1. The second-order valence-electron chi connectivity index (χ2n) is 13.0. The molecule has 1 aliphatic rings. The van der Waals surface area contributed by atoms with E-state index in [0.29, 0.717) is 5.75 Å². The van der Waals surface area contributed by atoms with Crippen LogP contribution in [0.5, 0.6) is 5.75 Å². The number of carbonyl (C=O) groups is 4. The summed E-state index contributed by atoms with van der Waals surface area (Å²) in [5, 5.41) is 3.90. The van der Waals surface area contributed by atoms with Gasteiger partial charge in [-0.2, -0.15) is 0 Å². The first-order chi connectivity index (χ1) is 27.4. The van der Waals surface area contributed by atoms with E-state index in [4.69, 9.17) is 9.47 Å². The van der Waals surface area contributed by atoms with E-state index in [2.05, 4.69) is 5.32 Å². The summed E-state index contributed by atoms with van der Waals surface area (Å²) in [4.78, 5) is 58.2. The first kappa shape index (κ1) is 38.1. The van der Waals surface area contributed by atoms with Crippen LogP contribution < -0.4 is 26.0 Å². The molecule has 6 aromatic rings. The van der Waals surface area contributed by atoms with Gasteiger partial charge in [0.05, 0.1) is 0 Å². The maximum atomic E-state index is 15.6. The summed E-state index contributed by atoms with van der Waals surface area (Å²) >= 11 is 0.877. The lowest BCUT2D eigenvalue weighted by Gasteiger charge is -2.49. The third-order valence-electron chi connectivity index (χ3n) is 9.35. The van der Waals surface area contributed by atoms with Gasteiger partial charge in [0.25, 0.3) is 11.8 Å². The lowest BCUT2D eigenvalue weighted by Crippen LogP contribution is -2.73. The molecule has 56 heavy (non-hydrogen) atoms. The van der Waals surface area contributed by atoms with Gasteiger partial charge in [-0.05, 0) is 39.2 Å². The molecule has 0 aromatic heterocycles. The number of likely N-dealkylation sites (tertiary alicyclic amines) is 1. The van der Waals surface area contributed by atoms with Crippen LogP contribution >= 0.6 is 18.6 Å². The van der Waals surface area contributed by atoms with Crippen molar-refractivity contribution in [1.29, 1.82) is 0 Å². The average molecular weight is 779 g/mol. The fourth-order valence-electron chi connectivity index (χ4n) is 6.90. The van der Waals surface area contributed by atoms with Gasteiger partial charge in [0.15, 0.2) is 17.8 Å². The molecule has 1 fully saturated rings. The zero-order valence-corrected chi connectivity index (χ0v) is 32.2. The molecule has 1 heterocycles. The van der Waals surface area contributed by atoms with E-state index in [-0.39, 0.29) is 17.1 Å². The summed E-state index contributed by atoms with van der Waals surface area (Å²) in [6.45, 7) is -2.28. The minimum absolute atomic E-state index is 0.0905. The molecular formula is C46H39N2O6PS. The Bertz CT molecular complexity index is 2210. The zero-order chi connectivity index (χ0) is 38.9. The van der Waals surface area contributed by atoms with Crippen LogP contribution in [0.15, 0.2) is 182 Å². The Hall–Kier alpha value is -6.15. The van der Waals surface area contributed by atoms with Crippen molar-refractivity contribution in [3.05, 3.63) is 193 Å². The molecule has 7 rings (SSSR count). The molecule has 0 bridgehead atoms.